The van der Waals surface area contributed by atoms with E-state index in [1.54, 1.807) is 11.6 Å². The number of carbonyl (C=O) groups excluding carboxylic acids is 1. The SMILES string of the molecule is CC/C=C\C/C=C\C/C=C\C/C=C\CCCCC(=O)Oc1ccc2ccc(OCCCCN3CCN(c4cccc5c4CCS5)CC3)cc2n1. The highest BCUT2D eigenvalue weighted by atomic mass is 32.2. The quantitative estimate of drug-likeness (QED) is 0.0663. The van der Waals surface area contributed by atoms with Crippen LogP contribution in [0.25, 0.3) is 10.9 Å². The van der Waals surface area contributed by atoms with E-state index in [-0.39, 0.29) is 5.97 Å². The van der Waals surface area contributed by atoms with E-state index >= 15 is 0 Å². The fourth-order valence-corrected chi connectivity index (χ4v) is 7.44. The number of anilines is 1. The first-order chi connectivity index (χ1) is 24.7. The van der Waals surface area contributed by atoms with Crippen LogP contribution in [-0.4, -0.2) is 60.9 Å². The third-order valence-electron chi connectivity index (χ3n) is 9.15. The first-order valence-electron chi connectivity index (χ1n) is 18.8. The summed E-state index contributed by atoms with van der Waals surface area (Å²) in [5.74, 6) is 2.12. The maximum absolute atomic E-state index is 12.5. The van der Waals surface area contributed by atoms with Gasteiger partial charge in [0.2, 0.25) is 5.88 Å². The van der Waals surface area contributed by atoms with Gasteiger partial charge in [-0.15, -0.1) is 11.8 Å². The molecular weight excluding hydrogens is 639 g/mol. The lowest BCUT2D eigenvalue weighted by atomic mass is 10.1. The monoisotopic (exact) mass is 693 g/mol. The zero-order valence-electron chi connectivity index (χ0n) is 29.9. The molecule has 0 unspecified atom stereocenters. The molecule has 1 saturated heterocycles. The van der Waals surface area contributed by atoms with Crippen molar-refractivity contribution in [3.8, 4) is 11.6 Å². The average Bonchev–Trinajstić information content (AvgIpc) is 3.63. The molecule has 6 nitrogen and oxygen atoms in total. The number of benzene rings is 2. The molecule has 0 atom stereocenters. The minimum absolute atomic E-state index is 0.238. The lowest BCUT2D eigenvalue weighted by molar-refractivity contribution is -0.134. The number of unbranched alkanes of at least 4 members (excludes halogenated alkanes) is 3. The molecular formula is C43H55N3O3S. The maximum atomic E-state index is 12.5. The molecule has 0 saturated carbocycles. The first kappa shape index (κ1) is 37.4. The third kappa shape index (κ3) is 12.5. The summed E-state index contributed by atoms with van der Waals surface area (Å²) < 4.78 is 11.7. The van der Waals surface area contributed by atoms with E-state index < -0.39 is 0 Å². The van der Waals surface area contributed by atoms with Gasteiger partial charge in [0.15, 0.2) is 0 Å². The number of carbonyl (C=O) groups is 1. The Hall–Kier alpha value is -3.81. The zero-order chi connectivity index (χ0) is 34.6. The van der Waals surface area contributed by atoms with Crippen LogP contribution >= 0.6 is 11.8 Å². The van der Waals surface area contributed by atoms with Crippen molar-refractivity contribution in [3.63, 3.8) is 0 Å². The van der Waals surface area contributed by atoms with Gasteiger partial charge in [-0.25, -0.2) is 4.98 Å². The topological polar surface area (TPSA) is 54.9 Å². The van der Waals surface area contributed by atoms with Crippen LogP contribution in [-0.2, 0) is 11.2 Å². The van der Waals surface area contributed by atoms with Crippen LogP contribution < -0.4 is 14.4 Å². The summed E-state index contributed by atoms with van der Waals surface area (Å²) in [5, 5.41) is 0.994. The van der Waals surface area contributed by atoms with E-state index in [9.17, 15) is 4.79 Å². The summed E-state index contributed by atoms with van der Waals surface area (Å²) in [6.45, 7) is 8.38. The Kier molecular flexibility index (Phi) is 16.0. The molecule has 0 aliphatic carbocycles. The Balaban J connectivity index is 0.924. The highest BCUT2D eigenvalue weighted by Crippen LogP contribution is 2.37. The second-order valence-corrected chi connectivity index (χ2v) is 14.1. The molecule has 3 heterocycles. The number of hydrogen-bond acceptors (Lipinski definition) is 7. The van der Waals surface area contributed by atoms with Crippen molar-refractivity contribution < 1.29 is 14.3 Å². The molecule has 2 aliphatic heterocycles. The molecule has 0 bridgehead atoms. The van der Waals surface area contributed by atoms with E-state index in [1.165, 1.54) is 22.8 Å². The number of thioether (sulfide) groups is 1. The molecule has 0 spiro atoms. The van der Waals surface area contributed by atoms with Gasteiger partial charge in [0.1, 0.15) is 5.75 Å². The predicted octanol–water partition coefficient (Wildman–Crippen LogP) is 10.1. The van der Waals surface area contributed by atoms with Crippen LogP contribution in [0.2, 0.25) is 0 Å². The molecule has 1 fully saturated rings. The van der Waals surface area contributed by atoms with Crippen molar-refractivity contribution in [2.24, 2.45) is 0 Å². The molecule has 5 rings (SSSR count). The Morgan fingerprint density at radius 1 is 0.840 bits per heavy atom. The van der Waals surface area contributed by atoms with Gasteiger partial charge in [0.05, 0.1) is 12.1 Å². The summed E-state index contributed by atoms with van der Waals surface area (Å²) in [7, 11) is 0. The van der Waals surface area contributed by atoms with E-state index in [2.05, 4.69) is 88.5 Å². The Labute approximate surface area is 304 Å². The molecule has 2 aliphatic rings. The second-order valence-electron chi connectivity index (χ2n) is 13.0. The molecule has 266 valence electrons. The molecule has 50 heavy (non-hydrogen) atoms. The maximum Gasteiger partial charge on any atom is 0.312 e. The fourth-order valence-electron chi connectivity index (χ4n) is 6.36. The first-order valence-corrected chi connectivity index (χ1v) is 19.7. The van der Waals surface area contributed by atoms with Gasteiger partial charge in [-0.05, 0) is 107 Å². The number of allylic oxidation sites excluding steroid dienone is 8. The van der Waals surface area contributed by atoms with Gasteiger partial charge in [-0.2, -0.15) is 0 Å². The third-order valence-corrected chi connectivity index (χ3v) is 10.2. The Morgan fingerprint density at radius 2 is 1.60 bits per heavy atom. The van der Waals surface area contributed by atoms with Crippen LogP contribution in [0.4, 0.5) is 5.69 Å². The van der Waals surface area contributed by atoms with Crippen LogP contribution in [0.15, 0.2) is 102 Å². The number of fused-ring (bicyclic) bond motifs is 2. The van der Waals surface area contributed by atoms with Gasteiger partial charge in [0.25, 0.3) is 0 Å². The molecule has 2 aromatic carbocycles. The van der Waals surface area contributed by atoms with Crippen LogP contribution in [0.3, 0.4) is 0 Å². The number of aromatic nitrogens is 1. The molecule has 0 N–H and O–H groups in total. The smallest absolute Gasteiger partial charge is 0.312 e. The summed E-state index contributed by atoms with van der Waals surface area (Å²) in [4.78, 5) is 23.7. The number of ether oxygens (including phenoxy) is 2. The molecule has 0 radical (unpaired) electrons. The van der Waals surface area contributed by atoms with E-state index in [1.807, 2.05) is 36.0 Å². The second kappa shape index (κ2) is 21.4. The van der Waals surface area contributed by atoms with E-state index in [0.717, 1.165) is 107 Å². The summed E-state index contributed by atoms with van der Waals surface area (Å²) in [5.41, 5.74) is 3.79. The number of hydrogen-bond donors (Lipinski definition) is 0. The number of pyridine rings is 1. The minimum atomic E-state index is -0.238. The minimum Gasteiger partial charge on any atom is -0.494 e. The molecule has 1 aromatic heterocycles. The fraction of sp³-hybridized carbons (Fsp3) is 0.442. The van der Waals surface area contributed by atoms with Gasteiger partial charge in [-0.1, -0.05) is 61.6 Å². The van der Waals surface area contributed by atoms with Crippen molar-refractivity contribution in [3.05, 3.63) is 103 Å². The highest BCUT2D eigenvalue weighted by molar-refractivity contribution is 7.99. The number of nitrogens with zero attached hydrogens (tertiary/aromatic N) is 3. The van der Waals surface area contributed by atoms with Gasteiger partial charge < -0.3 is 14.4 Å². The lowest BCUT2D eigenvalue weighted by Crippen LogP contribution is -2.47. The summed E-state index contributed by atoms with van der Waals surface area (Å²) >= 11 is 2.00. The number of rotatable bonds is 20. The van der Waals surface area contributed by atoms with E-state index in [0.29, 0.717) is 18.9 Å². The zero-order valence-corrected chi connectivity index (χ0v) is 30.8. The Morgan fingerprint density at radius 3 is 2.40 bits per heavy atom. The average molecular weight is 694 g/mol. The van der Waals surface area contributed by atoms with Crippen molar-refractivity contribution >= 4 is 34.3 Å². The number of piperazine rings is 1. The molecule has 7 heteroatoms. The van der Waals surface area contributed by atoms with Crippen molar-refractivity contribution in [1.29, 1.82) is 0 Å². The van der Waals surface area contributed by atoms with Crippen LogP contribution in [0.1, 0.15) is 76.7 Å². The molecule has 3 aromatic rings. The van der Waals surface area contributed by atoms with Crippen LogP contribution in [0.5, 0.6) is 11.6 Å². The lowest BCUT2D eigenvalue weighted by Gasteiger charge is -2.37. The predicted molar refractivity (Wildman–Crippen MR) is 211 cm³/mol. The van der Waals surface area contributed by atoms with Crippen molar-refractivity contribution in [2.45, 2.75) is 82.4 Å². The molecule has 0 amide bonds. The highest BCUT2D eigenvalue weighted by Gasteiger charge is 2.22. The van der Waals surface area contributed by atoms with Gasteiger partial charge in [0, 0.05) is 66.5 Å². The van der Waals surface area contributed by atoms with Crippen LogP contribution in [0, 0.1) is 0 Å². The van der Waals surface area contributed by atoms with Crippen molar-refractivity contribution in [2.75, 3.05) is 50.0 Å². The Bertz CT molecular complexity index is 1610. The van der Waals surface area contributed by atoms with Gasteiger partial charge in [-0.3, -0.25) is 9.69 Å². The summed E-state index contributed by atoms with van der Waals surface area (Å²) in [6, 6.07) is 16.5. The summed E-state index contributed by atoms with van der Waals surface area (Å²) in [6.07, 6.45) is 28.1. The normalized spacial score (nSPS) is 15.3. The standard InChI is InChI=1S/C43H55N3O3S/c1-2-3-4-5-6-7-8-9-10-11-12-13-14-15-16-22-43(47)49-42-26-24-36-23-25-37(35-39(36)44-42)48-33-18-17-28-45-29-31-46(32-30-45)40-20-19-21-41-38(40)27-34-50-41/h3-4,6-7,9-10,12-13,19-21,23-26,35H,2,5,8,11,14-18,22,27-34H2,1H3/b4-3-,7-6-,10-9-,13-12-. The van der Waals surface area contributed by atoms with E-state index in [4.69, 9.17) is 9.47 Å². The largest absolute Gasteiger partial charge is 0.494 e. The van der Waals surface area contributed by atoms with Gasteiger partial charge >= 0.3 is 5.97 Å². The van der Waals surface area contributed by atoms with Crippen molar-refractivity contribution in [1.82, 2.24) is 9.88 Å². The number of esters is 1.